The maximum Gasteiger partial charge on any atom is 0.225 e. The lowest BCUT2D eigenvalue weighted by Gasteiger charge is -2.20. The molecule has 0 spiro atoms. The summed E-state index contributed by atoms with van der Waals surface area (Å²) < 4.78 is 5.83. The van der Waals surface area contributed by atoms with E-state index in [9.17, 15) is 0 Å². The van der Waals surface area contributed by atoms with E-state index in [1.54, 1.807) is 6.34 Å². The van der Waals surface area contributed by atoms with Gasteiger partial charge in [0.15, 0.2) is 0 Å². The number of rotatable bonds is 0. The summed E-state index contributed by atoms with van der Waals surface area (Å²) >= 11 is 0. The smallest absolute Gasteiger partial charge is 0.225 e. The second kappa shape index (κ2) is 3.53. The van der Waals surface area contributed by atoms with E-state index in [4.69, 9.17) is 4.74 Å². The van der Waals surface area contributed by atoms with Gasteiger partial charge < -0.3 is 4.74 Å². The fourth-order valence-electron chi connectivity index (χ4n) is 2.37. The molecule has 0 bridgehead atoms. The van der Waals surface area contributed by atoms with Crippen molar-refractivity contribution in [1.29, 1.82) is 0 Å². The highest BCUT2D eigenvalue weighted by Crippen LogP contribution is 2.34. The van der Waals surface area contributed by atoms with Gasteiger partial charge in [0.25, 0.3) is 0 Å². The molecule has 3 heteroatoms. The summed E-state index contributed by atoms with van der Waals surface area (Å²) in [5.74, 6) is 1.54. The van der Waals surface area contributed by atoms with Crippen LogP contribution in [0.4, 0.5) is 0 Å². The molecule has 0 saturated heterocycles. The van der Waals surface area contributed by atoms with E-state index in [1.807, 2.05) is 18.2 Å². The molecule has 0 unspecified atom stereocenters. The maximum atomic E-state index is 5.83. The maximum absolute atomic E-state index is 5.83. The third-order valence-corrected chi connectivity index (χ3v) is 3.25. The van der Waals surface area contributed by atoms with Gasteiger partial charge in [0.2, 0.25) is 5.90 Å². The van der Waals surface area contributed by atoms with Gasteiger partial charge in [0.1, 0.15) is 12.1 Å². The summed E-state index contributed by atoms with van der Waals surface area (Å²) in [5, 5.41) is 2.42. The first-order valence-corrected chi connectivity index (χ1v) is 5.88. The minimum atomic E-state index is 0.640. The molecule has 0 saturated carbocycles. The van der Waals surface area contributed by atoms with Crippen LogP contribution in [0.25, 0.3) is 16.8 Å². The van der Waals surface area contributed by atoms with Crippen molar-refractivity contribution in [2.24, 2.45) is 9.98 Å². The fraction of sp³-hybridized carbons (Fsp3) is 0.0667. The van der Waals surface area contributed by atoms with Crippen LogP contribution in [0, 0.1) is 0 Å². The molecule has 0 atom stereocenters. The van der Waals surface area contributed by atoms with Crippen molar-refractivity contribution < 1.29 is 4.74 Å². The molecule has 0 aromatic heterocycles. The van der Waals surface area contributed by atoms with Gasteiger partial charge in [0.05, 0.1) is 6.54 Å². The predicted molar refractivity (Wildman–Crippen MR) is 73.3 cm³/mol. The van der Waals surface area contributed by atoms with Gasteiger partial charge in [-0.25, -0.2) is 4.99 Å². The van der Waals surface area contributed by atoms with Crippen molar-refractivity contribution in [2.45, 2.75) is 0 Å². The second-order valence-electron chi connectivity index (χ2n) is 4.36. The zero-order chi connectivity index (χ0) is 11.9. The average molecular weight is 234 g/mol. The number of fused-ring (bicyclic) bond motifs is 4. The highest BCUT2D eigenvalue weighted by Gasteiger charge is 2.20. The van der Waals surface area contributed by atoms with Crippen molar-refractivity contribution in [2.75, 3.05) is 6.54 Å². The monoisotopic (exact) mass is 234 g/mol. The Balaban J connectivity index is 2.02. The summed E-state index contributed by atoms with van der Waals surface area (Å²) in [6.07, 6.45) is 3.69. The Kier molecular flexibility index (Phi) is 1.88. The number of nitrogens with zero attached hydrogens (tertiary/aromatic N) is 2. The average Bonchev–Trinajstić information content (AvgIpc) is 2.45. The first-order chi connectivity index (χ1) is 8.92. The summed E-state index contributed by atoms with van der Waals surface area (Å²) in [6.45, 7) is 0.640. The number of hydrogen-bond acceptors (Lipinski definition) is 3. The highest BCUT2D eigenvalue weighted by atomic mass is 16.5. The lowest BCUT2D eigenvalue weighted by atomic mass is 9.99. The van der Waals surface area contributed by atoms with Gasteiger partial charge in [0, 0.05) is 11.1 Å². The van der Waals surface area contributed by atoms with Crippen LogP contribution in [0.1, 0.15) is 5.56 Å². The predicted octanol–water partition coefficient (Wildman–Crippen LogP) is 3.06. The van der Waals surface area contributed by atoms with Crippen LogP contribution < -0.4 is 4.74 Å². The summed E-state index contributed by atoms with van der Waals surface area (Å²) in [5.41, 5.74) is 2.17. The third kappa shape index (κ3) is 1.31. The highest BCUT2D eigenvalue weighted by molar-refractivity contribution is 6.09. The van der Waals surface area contributed by atoms with Gasteiger partial charge in [-0.1, -0.05) is 30.3 Å². The Morgan fingerprint density at radius 2 is 2.00 bits per heavy atom. The van der Waals surface area contributed by atoms with Crippen molar-refractivity contribution >= 4 is 29.1 Å². The molecular weight excluding hydrogens is 224 g/mol. The van der Waals surface area contributed by atoms with Gasteiger partial charge in [-0.2, -0.15) is 0 Å². The zero-order valence-corrected chi connectivity index (χ0v) is 9.63. The molecule has 0 aliphatic carbocycles. The molecule has 2 heterocycles. The lowest BCUT2D eigenvalue weighted by Crippen LogP contribution is -2.20. The molecule has 0 radical (unpaired) electrons. The number of aliphatic imine (C=N–C) groups is 2. The summed E-state index contributed by atoms with van der Waals surface area (Å²) in [7, 11) is 0. The van der Waals surface area contributed by atoms with E-state index in [1.165, 1.54) is 10.8 Å². The van der Waals surface area contributed by atoms with E-state index >= 15 is 0 Å². The van der Waals surface area contributed by atoms with Crippen LogP contribution in [-0.2, 0) is 0 Å². The third-order valence-electron chi connectivity index (χ3n) is 3.25. The molecule has 2 aliphatic heterocycles. The van der Waals surface area contributed by atoms with Crippen LogP contribution in [-0.4, -0.2) is 18.8 Å². The molecule has 0 amide bonds. The molecule has 18 heavy (non-hydrogen) atoms. The first-order valence-electron chi connectivity index (χ1n) is 5.88. The molecule has 2 aliphatic rings. The Morgan fingerprint density at radius 1 is 1.06 bits per heavy atom. The largest absolute Gasteiger partial charge is 0.438 e. The minimum Gasteiger partial charge on any atom is -0.438 e. The molecule has 4 rings (SSSR count). The minimum absolute atomic E-state index is 0.640. The topological polar surface area (TPSA) is 34.0 Å². The van der Waals surface area contributed by atoms with Gasteiger partial charge in [-0.15, -0.1) is 0 Å². The quantitative estimate of drug-likeness (QED) is 0.689. The molecule has 2 aromatic rings. The van der Waals surface area contributed by atoms with Crippen molar-refractivity contribution in [3.63, 3.8) is 0 Å². The van der Waals surface area contributed by atoms with Gasteiger partial charge in [-0.05, 0) is 22.9 Å². The van der Waals surface area contributed by atoms with E-state index < -0.39 is 0 Å². The Hall–Kier alpha value is -2.42. The molecule has 0 N–H and O–H groups in total. The molecule has 0 fully saturated rings. The van der Waals surface area contributed by atoms with Gasteiger partial charge in [-0.3, -0.25) is 4.99 Å². The van der Waals surface area contributed by atoms with E-state index in [0.717, 1.165) is 16.9 Å². The number of hydrogen-bond donors (Lipinski definition) is 0. The normalized spacial score (nSPS) is 16.4. The molecule has 86 valence electrons. The van der Waals surface area contributed by atoms with Crippen LogP contribution in [0.3, 0.4) is 0 Å². The second-order valence-corrected chi connectivity index (χ2v) is 4.36. The van der Waals surface area contributed by atoms with Crippen LogP contribution in [0.15, 0.2) is 52.0 Å². The van der Waals surface area contributed by atoms with Crippen LogP contribution in [0.2, 0.25) is 0 Å². The Morgan fingerprint density at radius 3 is 3.00 bits per heavy atom. The van der Waals surface area contributed by atoms with E-state index in [2.05, 4.69) is 34.3 Å². The fourth-order valence-corrected chi connectivity index (χ4v) is 2.37. The number of ether oxygens (including phenoxy) is 1. The Bertz CT molecular complexity index is 741. The first kappa shape index (κ1) is 9.59. The van der Waals surface area contributed by atoms with E-state index in [-0.39, 0.29) is 0 Å². The number of benzene rings is 2. The lowest BCUT2D eigenvalue weighted by molar-refractivity contribution is 0.545. The Labute approximate surface area is 104 Å². The standard InChI is InChI=1S/C15H10N2O/c1-2-4-12-10(3-1)5-6-14-13(12)7-11-8-16-9-17-15(11)18-14/h1-7,9H,8H2. The zero-order valence-electron chi connectivity index (χ0n) is 9.63. The van der Waals surface area contributed by atoms with E-state index in [0.29, 0.717) is 12.4 Å². The summed E-state index contributed by atoms with van der Waals surface area (Å²) in [4.78, 5) is 8.32. The van der Waals surface area contributed by atoms with Crippen molar-refractivity contribution in [3.05, 3.63) is 47.5 Å². The van der Waals surface area contributed by atoms with Crippen LogP contribution in [0.5, 0.6) is 5.75 Å². The van der Waals surface area contributed by atoms with Gasteiger partial charge >= 0.3 is 0 Å². The molecule has 3 nitrogen and oxygen atoms in total. The summed E-state index contributed by atoms with van der Waals surface area (Å²) in [6, 6.07) is 12.4. The molecular formula is C15H10N2O. The van der Waals surface area contributed by atoms with Crippen molar-refractivity contribution in [1.82, 2.24) is 0 Å². The SMILES string of the molecule is C1=NCC2=Cc3c(ccc4ccccc34)OC2=N1. The van der Waals surface area contributed by atoms with Crippen molar-refractivity contribution in [3.8, 4) is 5.75 Å². The molecule has 2 aromatic carbocycles. The van der Waals surface area contributed by atoms with Crippen LogP contribution >= 0.6 is 0 Å².